The molecule has 0 bridgehead atoms. The normalized spacial score (nSPS) is 12.4. The number of thiazole rings is 1. The van der Waals surface area contributed by atoms with Crippen molar-refractivity contribution in [3.05, 3.63) is 63.8 Å². The van der Waals surface area contributed by atoms with Gasteiger partial charge in [-0.1, -0.05) is 35.6 Å². The van der Waals surface area contributed by atoms with Crippen molar-refractivity contribution in [3.8, 4) is 5.75 Å². The van der Waals surface area contributed by atoms with Gasteiger partial charge in [0.15, 0.2) is 0 Å². The third kappa shape index (κ3) is 7.79. The molecule has 0 saturated carbocycles. The molecule has 0 amide bonds. The van der Waals surface area contributed by atoms with E-state index >= 15 is 0 Å². The van der Waals surface area contributed by atoms with Gasteiger partial charge < -0.3 is 19.4 Å². The van der Waals surface area contributed by atoms with Crippen molar-refractivity contribution in [3.63, 3.8) is 0 Å². The van der Waals surface area contributed by atoms with Crippen LogP contribution in [0.2, 0.25) is 0 Å². The summed E-state index contributed by atoms with van der Waals surface area (Å²) in [7, 11) is 0. The largest absolute Gasteiger partial charge is 1.00 e. The number of aliphatic carboxylic acids is 1. The molecule has 2 aromatic carbocycles. The van der Waals surface area contributed by atoms with Crippen molar-refractivity contribution >= 4 is 27.5 Å². The van der Waals surface area contributed by atoms with Crippen molar-refractivity contribution in [2.75, 3.05) is 13.2 Å². The number of hydrogen-bond acceptors (Lipinski definition) is 6. The van der Waals surface area contributed by atoms with Gasteiger partial charge in [0.2, 0.25) is 0 Å². The average Bonchev–Trinajstić information content (AvgIpc) is 3.01. The molecule has 0 radical (unpaired) electrons. The number of carbonyl (C=O) groups excluding carboxylic acids is 1. The van der Waals surface area contributed by atoms with Crippen LogP contribution in [0.5, 0.6) is 5.75 Å². The fourth-order valence-electron chi connectivity index (χ4n) is 2.82. The number of ether oxygens (including phenoxy) is 2. The average molecular weight is 526 g/mol. The second kappa shape index (κ2) is 11.7. The van der Waals surface area contributed by atoms with Crippen molar-refractivity contribution in [2.45, 2.75) is 25.2 Å². The zero-order valence-corrected chi connectivity index (χ0v) is 22.3. The number of carboxylic acids is 1. The molecule has 1 atom stereocenters. The van der Waals surface area contributed by atoms with Crippen LogP contribution in [0, 0.1) is 0 Å². The van der Waals surface area contributed by atoms with Gasteiger partial charge in [0, 0.05) is 6.42 Å². The van der Waals surface area contributed by atoms with E-state index in [0.717, 1.165) is 21.6 Å². The zero-order chi connectivity index (χ0) is 21.7. The number of hydrogen-bond donors (Lipinski definition) is 0. The molecule has 11 heteroatoms. The number of nitrogens with zero attached hydrogens (tertiary/aromatic N) is 1. The first-order valence-corrected chi connectivity index (χ1v) is 9.74. The molecule has 3 rings (SSSR count). The summed E-state index contributed by atoms with van der Waals surface area (Å²) in [6.45, 7) is -1.08. The third-order valence-electron chi connectivity index (χ3n) is 4.21. The van der Waals surface area contributed by atoms with Gasteiger partial charge in [0.1, 0.15) is 25.1 Å². The standard InChI is InChI=1S/C20H18F3NO5S.Rb/c21-20(22,23)12-29-16(18(25)26)11-13-5-7-14(8-6-13)28-10-9-24-15-3-1-2-4-17(15)30-19(24)27;/h1-8,16H,9-12H2,(H,25,26);/q;+1/p-1/t16-;/m1./s1. The van der Waals surface area contributed by atoms with Crippen molar-refractivity contribution in [1.82, 2.24) is 4.57 Å². The Kier molecular flexibility index (Phi) is 9.90. The molecule has 3 aromatic rings. The smallest absolute Gasteiger partial charge is 0.547 e. The number of aromatic nitrogens is 1. The third-order valence-corrected chi connectivity index (χ3v) is 5.17. The molecule has 1 aromatic heterocycles. The molecule has 0 N–H and O–H groups in total. The van der Waals surface area contributed by atoms with Crippen molar-refractivity contribution in [2.24, 2.45) is 0 Å². The Morgan fingerprint density at radius 1 is 1.13 bits per heavy atom. The van der Waals surface area contributed by atoms with Crippen LogP contribution >= 0.6 is 11.3 Å². The van der Waals surface area contributed by atoms with Crippen LogP contribution in [-0.2, 0) is 22.5 Å². The van der Waals surface area contributed by atoms with Gasteiger partial charge in [-0.25, -0.2) is 0 Å². The first-order chi connectivity index (χ1) is 14.2. The molecule has 0 aliphatic heterocycles. The predicted molar refractivity (Wildman–Crippen MR) is 103 cm³/mol. The fraction of sp³-hybridized carbons (Fsp3) is 0.300. The van der Waals surface area contributed by atoms with E-state index in [1.165, 1.54) is 12.1 Å². The monoisotopic (exact) mass is 525 g/mol. The molecule has 0 saturated heterocycles. The van der Waals surface area contributed by atoms with Gasteiger partial charge in [0.05, 0.1) is 22.7 Å². The van der Waals surface area contributed by atoms with E-state index in [4.69, 9.17) is 4.74 Å². The van der Waals surface area contributed by atoms with E-state index in [1.54, 1.807) is 16.7 Å². The van der Waals surface area contributed by atoms with Crippen molar-refractivity contribution < 1.29 is 90.7 Å². The number of benzene rings is 2. The van der Waals surface area contributed by atoms with E-state index in [-0.39, 0.29) is 76.1 Å². The Morgan fingerprint density at radius 3 is 2.45 bits per heavy atom. The molecule has 0 aliphatic rings. The summed E-state index contributed by atoms with van der Waals surface area (Å²) in [5, 5.41) is 11.0. The molecule has 0 unspecified atom stereocenters. The minimum Gasteiger partial charge on any atom is -0.547 e. The molecule has 0 aliphatic carbocycles. The van der Waals surface area contributed by atoms with E-state index < -0.39 is 24.9 Å². The molecule has 0 spiro atoms. The number of fused-ring (bicyclic) bond motifs is 1. The number of carbonyl (C=O) groups is 1. The summed E-state index contributed by atoms with van der Waals surface area (Å²) < 4.78 is 49.2. The van der Waals surface area contributed by atoms with Crippen LogP contribution in [0.25, 0.3) is 10.2 Å². The Hall–Kier alpha value is -1.04. The number of para-hydroxylation sites is 1. The SMILES string of the molecule is O=C([O-])[C@@H](Cc1ccc(OCCn2c(=O)sc3ccccc32)cc1)OCC(F)(F)F.[Rb+]. The minimum atomic E-state index is -4.62. The molecule has 6 nitrogen and oxygen atoms in total. The van der Waals surface area contributed by atoms with E-state index in [0.29, 0.717) is 17.9 Å². The minimum absolute atomic E-state index is 0. The molecule has 160 valence electrons. The first kappa shape index (κ1) is 26.2. The first-order valence-electron chi connectivity index (χ1n) is 8.92. The van der Waals surface area contributed by atoms with Crippen LogP contribution < -0.4 is 72.9 Å². The Morgan fingerprint density at radius 2 is 1.81 bits per heavy atom. The zero-order valence-electron chi connectivity index (χ0n) is 16.6. The summed E-state index contributed by atoms with van der Waals surface area (Å²) in [5.41, 5.74) is 1.29. The molecular weight excluding hydrogens is 509 g/mol. The summed E-state index contributed by atoms with van der Waals surface area (Å²) in [6, 6.07) is 13.7. The Bertz CT molecular complexity index is 1070. The molecule has 1 heterocycles. The van der Waals surface area contributed by atoms with Gasteiger partial charge in [-0.05, 0) is 29.8 Å². The summed E-state index contributed by atoms with van der Waals surface area (Å²) in [5.74, 6) is -1.24. The summed E-state index contributed by atoms with van der Waals surface area (Å²) in [6.07, 6.45) is -6.60. The maximum Gasteiger partial charge on any atom is 1.00 e. The quantitative estimate of drug-likeness (QED) is 0.372. The van der Waals surface area contributed by atoms with E-state index in [9.17, 15) is 27.9 Å². The van der Waals surface area contributed by atoms with Crippen LogP contribution in [0.1, 0.15) is 5.56 Å². The number of carboxylic acid groups (broad SMARTS) is 1. The van der Waals surface area contributed by atoms with Gasteiger partial charge in [-0.3, -0.25) is 9.36 Å². The van der Waals surface area contributed by atoms with E-state index in [2.05, 4.69) is 4.74 Å². The molecule has 31 heavy (non-hydrogen) atoms. The topological polar surface area (TPSA) is 80.6 Å². The fourth-order valence-corrected chi connectivity index (χ4v) is 3.74. The number of halogens is 3. The number of alkyl halides is 3. The predicted octanol–water partition coefficient (Wildman–Crippen LogP) is -0.614. The van der Waals surface area contributed by atoms with Crippen LogP contribution in [0.3, 0.4) is 0 Å². The molecular formula is C20H17F3NO5RbS. The van der Waals surface area contributed by atoms with Crippen LogP contribution in [-0.4, -0.2) is 36.0 Å². The maximum atomic E-state index is 12.2. The van der Waals surface area contributed by atoms with Gasteiger partial charge in [-0.15, -0.1) is 0 Å². The second-order valence-corrected chi connectivity index (χ2v) is 7.41. The molecule has 0 fully saturated rings. The maximum absolute atomic E-state index is 12.2. The van der Waals surface area contributed by atoms with Gasteiger partial charge >= 0.3 is 69.2 Å². The van der Waals surface area contributed by atoms with Crippen molar-refractivity contribution in [1.29, 1.82) is 0 Å². The Balaban J connectivity index is 0.00000341. The summed E-state index contributed by atoms with van der Waals surface area (Å²) >= 11 is 1.16. The summed E-state index contributed by atoms with van der Waals surface area (Å²) in [4.78, 5) is 23.0. The van der Waals surface area contributed by atoms with E-state index in [1.807, 2.05) is 24.3 Å². The Labute approximate surface area is 228 Å². The van der Waals surface area contributed by atoms with Crippen LogP contribution in [0.4, 0.5) is 13.2 Å². The van der Waals surface area contributed by atoms with Gasteiger partial charge in [0.25, 0.3) is 0 Å². The van der Waals surface area contributed by atoms with Crippen LogP contribution in [0.15, 0.2) is 53.3 Å². The van der Waals surface area contributed by atoms with Gasteiger partial charge in [-0.2, -0.15) is 13.2 Å². The second-order valence-electron chi connectivity index (χ2n) is 6.42. The number of rotatable bonds is 9.